The number of aromatic nitrogens is 3. The van der Waals surface area contributed by atoms with E-state index in [9.17, 15) is 9.18 Å². The molecule has 0 radical (unpaired) electrons. The molecule has 6 heteroatoms. The van der Waals surface area contributed by atoms with E-state index in [0.717, 1.165) is 11.9 Å². The molecule has 0 spiro atoms. The Morgan fingerprint density at radius 2 is 2.38 bits per heavy atom. The predicted molar refractivity (Wildman–Crippen MR) is 73.9 cm³/mol. The van der Waals surface area contributed by atoms with Gasteiger partial charge < -0.3 is 4.74 Å². The fourth-order valence-corrected chi connectivity index (χ4v) is 2.48. The molecule has 3 heterocycles. The summed E-state index contributed by atoms with van der Waals surface area (Å²) in [6, 6.07) is 4.56. The number of halogens is 1. The summed E-state index contributed by atoms with van der Waals surface area (Å²) in [5.74, 6) is -1.21. The minimum atomic E-state index is -2.50. The molecule has 0 aliphatic carbocycles. The van der Waals surface area contributed by atoms with Crippen LogP contribution < -0.4 is 0 Å². The number of fused-ring (bicyclic) bond motifs is 1. The molecule has 0 fully saturated rings. The van der Waals surface area contributed by atoms with Crippen molar-refractivity contribution < 1.29 is 18.0 Å². The number of methoxy groups -OCH3 is 1. The third kappa shape index (κ3) is 2.41. The Morgan fingerprint density at radius 3 is 3.05 bits per heavy atom. The molecule has 21 heavy (non-hydrogen) atoms. The molecule has 1 aliphatic rings. The summed E-state index contributed by atoms with van der Waals surface area (Å²) in [5.41, 5.74) is 0.181. The van der Waals surface area contributed by atoms with Crippen molar-refractivity contribution >= 4 is 5.97 Å². The van der Waals surface area contributed by atoms with Crippen molar-refractivity contribution in [2.75, 3.05) is 7.11 Å². The van der Waals surface area contributed by atoms with Crippen molar-refractivity contribution in [1.29, 1.82) is 0 Å². The summed E-state index contributed by atoms with van der Waals surface area (Å²) in [4.78, 5) is 16.2. The minimum Gasteiger partial charge on any atom is -0.469 e. The van der Waals surface area contributed by atoms with Gasteiger partial charge in [-0.25, -0.2) is 4.39 Å². The first kappa shape index (κ1) is 10.5. The van der Waals surface area contributed by atoms with Crippen LogP contribution in [-0.2, 0) is 22.5 Å². The third-order valence-electron chi connectivity index (χ3n) is 3.66. The van der Waals surface area contributed by atoms with Gasteiger partial charge in [0.1, 0.15) is 11.5 Å². The van der Waals surface area contributed by atoms with Crippen LogP contribution in [0.2, 0.25) is 0 Å². The average Bonchev–Trinajstić information content (AvgIpc) is 2.96. The van der Waals surface area contributed by atoms with Gasteiger partial charge in [-0.05, 0) is 37.9 Å². The Bertz CT molecular complexity index is 773. The number of carbonyl (C=O) groups excluding carboxylic acids is 1. The highest BCUT2D eigenvalue weighted by atomic mass is 19.1. The molecule has 0 N–H and O–H groups in total. The molecule has 1 atom stereocenters. The number of hydrogen-bond donors (Lipinski definition) is 0. The molecule has 1 unspecified atom stereocenters. The Hall–Kier alpha value is -2.24. The number of aryl methyl sites for hydroxylation is 1. The molecular weight excluding hydrogens is 273 g/mol. The van der Waals surface area contributed by atoms with Crippen molar-refractivity contribution in [3.05, 3.63) is 35.9 Å². The van der Waals surface area contributed by atoms with Crippen LogP contribution in [0.15, 0.2) is 24.4 Å². The second-order valence-electron chi connectivity index (χ2n) is 5.11. The SMILES string of the molecule is [2H]C([2H])([2H])C1(C(=O)OC)CCc2cc(-c3ccc(F)cn3)nn2C1. The number of hydrogen-bond acceptors (Lipinski definition) is 4. The molecule has 0 saturated heterocycles. The van der Waals surface area contributed by atoms with Crippen LogP contribution in [0.1, 0.15) is 23.1 Å². The van der Waals surface area contributed by atoms with E-state index in [1.165, 1.54) is 23.9 Å². The Morgan fingerprint density at radius 1 is 1.52 bits per heavy atom. The van der Waals surface area contributed by atoms with E-state index >= 15 is 0 Å². The maximum atomic E-state index is 13.0. The van der Waals surface area contributed by atoms with Gasteiger partial charge in [0, 0.05) is 9.81 Å². The van der Waals surface area contributed by atoms with Crippen LogP contribution in [-0.4, -0.2) is 27.8 Å². The van der Waals surface area contributed by atoms with Crippen molar-refractivity contribution in [3.63, 3.8) is 0 Å². The average molecular weight is 292 g/mol. The highest BCUT2D eigenvalue weighted by Crippen LogP contribution is 2.33. The van der Waals surface area contributed by atoms with Gasteiger partial charge in [0.2, 0.25) is 0 Å². The van der Waals surface area contributed by atoms with Gasteiger partial charge in [0.25, 0.3) is 0 Å². The first-order valence-electron chi connectivity index (χ1n) is 8.04. The number of pyridine rings is 1. The maximum Gasteiger partial charge on any atom is 0.313 e. The zero-order chi connectivity index (χ0) is 17.5. The fourth-order valence-electron chi connectivity index (χ4n) is 2.48. The van der Waals surface area contributed by atoms with Gasteiger partial charge >= 0.3 is 5.97 Å². The number of rotatable bonds is 2. The quantitative estimate of drug-likeness (QED) is 0.796. The minimum absolute atomic E-state index is 0.0906. The summed E-state index contributed by atoms with van der Waals surface area (Å²) < 4.78 is 42.6. The van der Waals surface area contributed by atoms with E-state index < -0.39 is 24.1 Å². The topological polar surface area (TPSA) is 57.0 Å². The Balaban J connectivity index is 1.99. The highest BCUT2D eigenvalue weighted by Gasteiger charge is 2.38. The zero-order valence-electron chi connectivity index (χ0n) is 14.5. The van der Waals surface area contributed by atoms with E-state index in [1.54, 1.807) is 6.07 Å². The lowest BCUT2D eigenvalue weighted by Gasteiger charge is -2.31. The van der Waals surface area contributed by atoms with Crippen molar-refractivity contribution in [2.45, 2.75) is 26.2 Å². The van der Waals surface area contributed by atoms with E-state index in [-0.39, 0.29) is 13.0 Å². The van der Waals surface area contributed by atoms with Gasteiger partial charge in [-0.15, -0.1) is 0 Å². The number of nitrogens with zero attached hydrogens (tertiary/aromatic N) is 3. The lowest BCUT2D eigenvalue weighted by atomic mass is 9.82. The van der Waals surface area contributed by atoms with Crippen LogP contribution in [0.3, 0.4) is 0 Å². The second kappa shape index (κ2) is 4.95. The molecule has 5 nitrogen and oxygen atoms in total. The molecule has 0 amide bonds. The molecule has 3 rings (SSSR count). The van der Waals surface area contributed by atoms with E-state index in [1.807, 2.05) is 0 Å². The summed E-state index contributed by atoms with van der Waals surface area (Å²) in [7, 11) is 1.18. The van der Waals surface area contributed by atoms with Crippen LogP contribution in [0.25, 0.3) is 11.4 Å². The molecule has 1 aliphatic heterocycles. The number of ether oxygens (including phenoxy) is 1. The van der Waals surface area contributed by atoms with Crippen LogP contribution in [0, 0.1) is 11.2 Å². The van der Waals surface area contributed by atoms with Crippen LogP contribution in [0.5, 0.6) is 0 Å². The summed E-state index contributed by atoms with van der Waals surface area (Å²) in [6.45, 7) is -2.59. The lowest BCUT2D eigenvalue weighted by molar-refractivity contribution is -0.153. The molecule has 2 aromatic rings. The van der Waals surface area contributed by atoms with E-state index in [0.29, 0.717) is 17.8 Å². The fraction of sp³-hybridized carbons (Fsp3) is 0.400. The Labute approximate surface area is 126 Å². The summed E-state index contributed by atoms with van der Waals surface area (Å²) >= 11 is 0. The molecule has 0 bridgehead atoms. The zero-order valence-corrected chi connectivity index (χ0v) is 11.5. The smallest absolute Gasteiger partial charge is 0.313 e. The molecule has 110 valence electrons. The van der Waals surface area contributed by atoms with Gasteiger partial charge in [-0.3, -0.25) is 14.5 Å². The van der Waals surface area contributed by atoms with Crippen LogP contribution in [0.4, 0.5) is 4.39 Å². The van der Waals surface area contributed by atoms with Gasteiger partial charge in [0.15, 0.2) is 0 Å². The van der Waals surface area contributed by atoms with Gasteiger partial charge in [0.05, 0.1) is 31.0 Å². The van der Waals surface area contributed by atoms with Crippen molar-refractivity contribution in [1.82, 2.24) is 14.8 Å². The third-order valence-corrected chi connectivity index (χ3v) is 3.66. The van der Waals surface area contributed by atoms with E-state index in [4.69, 9.17) is 8.85 Å². The van der Waals surface area contributed by atoms with Crippen molar-refractivity contribution in [3.8, 4) is 11.4 Å². The van der Waals surface area contributed by atoms with Gasteiger partial charge in [-0.1, -0.05) is 0 Å². The summed E-state index contributed by atoms with van der Waals surface area (Å²) in [6.07, 6.45) is 1.62. The highest BCUT2D eigenvalue weighted by molar-refractivity contribution is 5.76. The maximum absolute atomic E-state index is 13.0. The molecule has 0 aromatic carbocycles. The summed E-state index contributed by atoms with van der Waals surface area (Å²) in [5, 5.41) is 4.35. The molecule has 2 aromatic heterocycles. The Kier molecular flexibility index (Phi) is 2.47. The second-order valence-corrected chi connectivity index (χ2v) is 5.11. The standard InChI is InChI=1S/C15H16FN3O2/c1-15(14(20)21-2)6-5-11-7-13(18-19(11)9-15)12-4-3-10(16)8-17-12/h3-4,7-8H,5-6,9H2,1-2H3/i1D3. The van der Waals surface area contributed by atoms with Gasteiger partial charge in [-0.2, -0.15) is 5.10 Å². The van der Waals surface area contributed by atoms with E-state index in [2.05, 4.69) is 10.1 Å². The molecule has 0 saturated carbocycles. The monoisotopic (exact) mass is 292 g/mol. The predicted octanol–water partition coefficient (Wildman–Crippen LogP) is 2.21. The number of carbonyl (C=O) groups is 1. The number of esters is 1. The van der Waals surface area contributed by atoms with Crippen molar-refractivity contribution in [2.24, 2.45) is 5.41 Å². The first-order chi connectivity index (χ1) is 11.3. The molecular formula is C15H16FN3O2. The normalized spacial score (nSPS) is 23.6. The van der Waals surface area contributed by atoms with Crippen LogP contribution >= 0.6 is 0 Å². The first-order valence-corrected chi connectivity index (χ1v) is 6.54. The largest absolute Gasteiger partial charge is 0.469 e. The lowest BCUT2D eigenvalue weighted by Crippen LogP contribution is -2.38.